The third kappa shape index (κ3) is 2.64. The van der Waals surface area contributed by atoms with Crippen LogP contribution in [0.15, 0.2) is 0 Å². The van der Waals surface area contributed by atoms with Crippen LogP contribution in [0.2, 0.25) is 0 Å². The highest BCUT2D eigenvalue weighted by Gasteiger charge is 2.48. The van der Waals surface area contributed by atoms with E-state index in [2.05, 4.69) is 0 Å². The lowest BCUT2D eigenvalue weighted by Crippen LogP contribution is -2.52. The fourth-order valence-corrected chi connectivity index (χ4v) is 4.01. The lowest BCUT2D eigenvalue weighted by Gasteiger charge is -2.29. The molecule has 5 nitrogen and oxygen atoms in total. The Morgan fingerprint density at radius 2 is 2.17 bits per heavy atom. The maximum Gasteiger partial charge on any atom is 0.327 e. The molecule has 1 saturated carbocycles. The molecule has 6 heteroatoms. The molecule has 1 aliphatic carbocycles. The zero-order valence-corrected chi connectivity index (χ0v) is 11.4. The summed E-state index contributed by atoms with van der Waals surface area (Å²) >= 11 is 1.59. The quantitative estimate of drug-likeness (QED) is 0.776. The zero-order valence-electron chi connectivity index (χ0n) is 10.5. The zero-order chi connectivity index (χ0) is 13.3. The van der Waals surface area contributed by atoms with Crippen molar-refractivity contribution in [3.63, 3.8) is 0 Å². The smallest absolute Gasteiger partial charge is 0.327 e. The van der Waals surface area contributed by atoms with Crippen LogP contribution in [0.4, 0.5) is 0 Å². The van der Waals surface area contributed by atoms with Gasteiger partial charge in [-0.2, -0.15) is 0 Å². The van der Waals surface area contributed by atoms with E-state index in [0.717, 1.165) is 19.3 Å². The molecule has 1 saturated heterocycles. The van der Waals surface area contributed by atoms with E-state index in [1.54, 1.807) is 16.7 Å². The van der Waals surface area contributed by atoms with E-state index < -0.39 is 18.1 Å². The van der Waals surface area contributed by atoms with Crippen molar-refractivity contribution in [2.75, 3.05) is 5.75 Å². The van der Waals surface area contributed by atoms with Crippen LogP contribution >= 0.6 is 11.8 Å². The molecular formula is C12H20N2O3S. The molecule has 1 aliphatic heterocycles. The Morgan fingerprint density at radius 3 is 2.67 bits per heavy atom. The standard InChI is InChI=1S/C12H20N2O3S/c1-2-3-8(13)10(15)14-9(12(16)17)6-18-11(14)7-4-5-7/h7-9,11H,2-6,13H2,1H3,(H,16,17)/t8-,9?,11?/m1/s1. The lowest BCUT2D eigenvalue weighted by atomic mass is 10.1. The molecule has 1 amide bonds. The fraction of sp³-hybridized carbons (Fsp3) is 0.833. The Morgan fingerprint density at radius 1 is 1.50 bits per heavy atom. The van der Waals surface area contributed by atoms with Crippen molar-refractivity contribution >= 4 is 23.6 Å². The number of nitrogens with two attached hydrogens (primary N) is 1. The predicted molar refractivity (Wildman–Crippen MR) is 70.1 cm³/mol. The molecule has 0 radical (unpaired) electrons. The fourth-order valence-electron chi connectivity index (χ4n) is 2.37. The van der Waals surface area contributed by atoms with E-state index in [1.165, 1.54) is 0 Å². The summed E-state index contributed by atoms with van der Waals surface area (Å²) in [6.07, 6.45) is 3.64. The first-order chi connectivity index (χ1) is 8.56. The molecular weight excluding hydrogens is 252 g/mol. The molecule has 3 atom stereocenters. The molecule has 2 rings (SSSR count). The summed E-state index contributed by atoms with van der Waals surface area (Å²) in [5, 5.41) is 9.25. The molecule has 1 heterocycles. The number of rotatable bonds is 5. The molecule has 2 aliphatic rings. The number of carbonyl (C=O) groups is 2. The monoisotopic (exact) mass is 272 g/mol. The summed E-state index contributed by atoms with van der Waals surface area (Å²) in [4.78, 5) is 25.1. The summed E-state index contributed by atoms with van der Waals surface area (Å²) in [7, 11) is 0. The Labute approximate surface area is 111 Å². The first-order valence-electron chi connectivity index (χ1n) is 6.48. The van der Waals surface area contributed by atoms with Gasteiger partial charge in [-0.3, -0.25) is 4.79 Å². The number of carboxylic acids is 1. The number of amides is 1. The Bertz CT molecular complexity index is 346. The number of thioether (sulfide) groups is 1. The van der Waals surface area contributed by atoms with Gasteiger partial charge in [-0.1, -0.05) is 13.3 Å². The van der Waals surface area contributed by atoms with Gasteiger partial charge in [-0.05, 0) is 25.2 Å². The second-order valence-corrected chi connectivity index (χ2v) is 6.21. The molecule has 0 spiro atoms. The van der Waals surface area contributed by atoms with Crippen LogP contribution in [0.1, 0.15) is 32.6 Å². The molecule has 0 aromatic rings. The average Bonchev–Trinajstić information content (AvgIpc) is 3.07. The summed E-state index contributed by atoms with van der Waals surface area (Å²) in [6.45, 7) is 1.97. The van der Waals surface area contributed by atoms with Crippen LogP contribution in [0.25, 0.3) is 0 Å². The molecule has 2 unspecified atom stereocenters. The molecule has 3 N–H and O–H groups in total. The largest absolute Gasteiger partial charge is 0.480 e. The number of nitrogens with zero attached hydrogens (tertiary/aromatic N) is 1. The molecule has 18 heavy (non-hydrogen) atoms. The Hall–Kier alpha value is -0.750. The summed E-state index contributed by atoms with van der Waals surface area (Å²) < 4.78 is 0. The molecule has 0 aromatic carbocycles. The van der Waals surface area contributed by atoms with Crippen molar-refractivity contribution < 1.29 is 14.7 Å². The van der Waals surface area contributed by atoms with E-state index in [1.807, 2.05) is 6.92 Å². The normalized spacial score (nSPS) is 29.3. The lowest BCUT2D eigenvalue weighted by molar-refractivity contribution is -0.149. The highest BCUT2D eigenvalue weighted by molar-refractivity contribution is 8.00. The minimum absolute atomic E-state index is 0.0292. The van der Waals surface area contributed by atoms with Gasteiger partial charge in [0.1, 0.15) is 6.04 Å². The number of hydrogen-bond acceptors (Lipinski definition) is 4. The van der Waals surface area contributed by atoms with Crippen LogP contribution in [0.3, 0.4) is 0 Å². The average molecular weight is 272 g/mol. The summed E-state index contributed by atoms with van der Waals surface area (Å²) in [6, 6.07) is -1.26. The number of hydrogen-bond donors (Lipinski definition) is 2. The second-order valence-electron chi connectivity index (χ2n) is 5.06. The minimum atomic E-state index is -0.914. The van der Waals surface area contributed by atoms with Gasteiger partial charge in [0.15, 0.2) is 0 Å². The van der Waals surface area contributed by atoms with Gasteiger partial charge >= 0.3 is 5.97 Å². The molecule has 102 valence electrons. The van der Waals surface area contributed by atoms with Crippen LogP contribution in [0, 0.1) is 5.92 Å². The van der Waals surface area contributed by atoms with E-state index in [4.69, 9.17) is 5.73 Å². The van der Waals surface area contributed by atoms with Gasteiger partial charge in [-0.25, -0.2) is 4.79 Å². The van der Waals surface area contributed by atoms with Crippen molar-refractivity contribution in [2.24, 2.45) is 11.7 Å². The summed E-state index contributed by atoms with van der Waals surface area (Å²) in [5.74, 6) is -0.146. The Balaban J connectivity index is 2.12. The number of aliphatic carboxylic acids is 1. The first-order valence-corrected chi connectivity index (χ1v) is 7.53. The van der Waals surface area contributed by atoms with E-state index in [-0.39, 0.29) is 11.3 Å². The van der Waals surface area contributed by atoms with Crippen molar-refractivity contribution in [3.8, 4) is 0 Å². The first kappa shape index (κ1) is 13.7. The number of carbonyl (C=O) groups excluding carboxylic acids is 1. The second kappa shape index (κ2) is 5.48. The topological polar surface area (TPSA) is 83.6 Å². The van der Waals surface area contributed by atoms with Crippen LogP contribution in [0.5, 0.6) is 0 Å². The van der Waals surface area contributed by atoms with Crippen molar-refractivity contribution in [3.05, 3.63) is 0 Å². The van der Waals surface area contributed by atoms with Crippen LogP contribution in [-0.2, 0) is 9.59 Å². The van der Waals surface area contributed by atoms with Crippen molar-refractivity contribution in [2.45, 2.75) is 50.1 Å². The SMILES string of the molecule is CCC[C@@H](N)C(=O)N1C(C(=O)O)CSC1C1CC1. The molecule has 0 bridgehead atoms. The highest BCUT2D eigenvalue weighted by Crippen LogP contribution is 2.45. The van der Waals surface area contributed by atoms with Gasteiger partial charge in [0.25, 0.3) is 0 Å². The maximum absolute atomic E-state index is 12.3. The molecule has 0 aromatic heterocycles. The van der Waals surface area contributed by atoms with Crippen molar-refractivity contribution in [1.29, 1.82) is 0 Å². The minimum Gasteiger partial charge on any atom is -0.480 e. The van der Waals surface area contributed by atoms with Gasteiger partial charge in [0, 0.05) is 5.75 Å². The third-order valence-electron chi connectivity index (χ3n) is 3.52. The van der Waals surface area contributed by atoms with Crippen molar-refractivity contribution in [1.82, 2.24) is 4.90 Å². The van der Waals surface area contributed by atoms with E-state index in [9.17, 15) is 14.7 Å². The number of carboxylic acid groups (broad SMARTS) is 1. The van der Waals surface area contributed by atoms with Crippen LogP contribution in [-0.4, -0.2) is 45.1 Å². The summed E-state index contributed by atoms with van der Waals surface area (Å²) in [5.41, 5.74) is 5.86. The van der Waals surface area contributed by atoms with Crippen LogP contribution < -0.4 is 5.73 Å². The van der Waals surface area contributed by atoms with Gasteiger partial charge in [-0.15, -0.1) is 11.8 Å². The predicted octanol–water partition coefficient (Wildman–Crippen LogP) is 0.879. The van der Waals surface area contributed by atoms with E-state index in [0.29, 0.717) is 18.1 Å². The van der Waals surface area contributed by atoms with Gasteiger partial charge in [0.05, 0.1) is 11.4 Å². The van der Waals surface area contributed by atoms with E-state index >= 15 is 0 Å². The third-order valence-corrected chi connectivity index (χ3v) is 4.98. The van der Waals surface area contributed by atoms with Gasteiger partial charge in [0.2, 0.25) is 5.91 Å². The molecule has 2 fully saturated rings. The van der Waals surface area contributed by atoms with Gasteiger partial charge < -0.3 is 15.7 Å². The maximum atomic E-state index is 12.3. The Kier molecular flexibility index (Phi) is 4.17. The highest BCUT2D eigenvalue weighted by atomic mass is 32.2.